The van der Waals surface area contributed by atoms with Crippen LogP contribution in [0.15, 0.2) is 53.6 Å². The van der Waals surface area contributed by atoms with Crippen molar-refractivity contribution in [1.29, 1.82) is 0 Å². The van der Waals surface area contributed by atoms with Crippen molar-refractivity contribution in [2.24, 2.45) is 10.8 Å². The predicted octanol–water partition coefficient (Wildman–Crippen LogP) is 6.84. The summed E-state index contributed by atoms with van der Waals surface area (Å²) in [6.45, 7) is 8.94. The van der Waals surface area contributed by atoms with Gasteiger partial charge in [-0.05, 0) is 93.3 Å². The second-order valence-electron chi connectivity index (χ2n) is 12.2. The number of ether oxygens (including phenoxy) is 2. The lowest BCUT2D eigenvalue weighted by atomic mass is 9.82. The molecule has 1 aliphatic carbocycles. The molecule has 0 radical (unpaired) electrons. The van der Waals surface area contributed by atoms with Crippen molar-refractivity contribution in [2.75, 3.05) is 25.2 Å². The SMILES string of the molecule is CC[C@]1(C)CN(c2nc(-n3ccc(OCC4(C(F)(F)F)CC4)n3)ccc2C(=O)NSc2ccc(OC)cc2)C(C)(C)C1. The summed E-state index contributed by atoms with van der Waals surface area (Å²) >= 11 is 1.20. The molecular weight excluding hydrogens is 567 g/mol. The highest BCUT2D eigenvalue weighted by Crippen LogP contribution is 2.57. The number of alkyl halides is 3. The standard InChI is InChI=1S/C30H36F3N5O3S/c1-6-28(4)17-27(2,3)37(18-28)25-22(26(39)36-42-21-9-7-20(40-5)8-10-21)11-12-23(34-25)38-16-13-24(35-38)41-19-29(14-15-29)30(31,32)33/h7-13,16H,6,14-15,17-19H2,1-5H3,(H,36,39)/t28-/m0/s1. The third kappa shape index (κ3) is 6.04. The smallest absolute Gasteiger partial charge is 0.397 e. The second-order valence-corrected chi connectivity index (χ2v) is 13.0. The van der Waals surface area contributed by atoms with Crippen LogP contribution in [0.4, 0.5) is 19.0 Å². The van der Waals surface area contributed by atoms with Crippen LogP contribution in [0, 0.1) is 10.8 Å². The molecule has 1 aliphatic heterocycles. The van der Waals surface area contributed by atoms with Gasteiger partial charge in [-0.15, -0.1) is 5.10 Å². The van der Waals surface area contributed by atoms with Crippen molar-refractivity contribution in [1.82, 2.24) is 19.5 Å². The van der Waals surface area contributed by atoms with Gasteiger partial charge in [0.25, 0.3) is 5.91 Å². The first-order chi connectivity index (χ1) is 19.8. The molecule has 1 N–H and O–H groups in total. The van der Waals surface area contributed by atoms with Gasteiger partial charge in [-0.2, -0.15) is 13.2 Å². The molecule has 0 spiro atoms. The van der Waals surface area contributed by atoms with Crippen LogP contribution in [-0.4, -0.2) is 52.6 Å². The Morgan fingerprint density at radius 2 is 1.81 bits per heavy atom. The van der Waals surface area contributed by atoms with Crippen LogP contribution in [0.3, 0.4) is 0 Å². The molecule has 3 aromatic rings. The number of hydrogen-bond donors (Lipinski definition) is 1. The average molecular weight is 604 g/mol. The highest BCUT2D eigenvalue weighted by Gasteiger charge is 2.64. The molecular formula is C30H36F3N5O3S. The van der Waals surface area contributed by atoms with Gasteiger partial charge in [0, 0.05) is 29.2 Å². The van der Waals surface area contributed by atoms with Gasteiger partial charge < -0.3 is 14.4 Å². The van der Waals surface area contributed by atoms with E-state index in [2.05, 4.69) is 42.4 Å². The number of anilines is 1. The van der Waals surface area contributed by atoms with Crippen molar-refractivity contribution in [2.45, 2.75) is 70.0 Å². The zero-order valence-corrected chi connectivity index (χ0v) is 25.2. The van der Waals surface area contributed by atoms with Gasteiger partial charge in [0.2, 0.25) is 5.88 Å². The number of halogens is 3. The lowest BCUT2D eigenvalue weighted by molar-refractivity contribution is -0.194. The number of carbonyl (C=O) groups is 1. The molecule has 8 nitrogen and oxygen atoms in total. The first kappa shape index (κ1) is 30.1. The molecule has 0 bridgehead atoms. The maximum absolute atomic E-state index is 13.5. The van der Waals surface area contributed by atoms with Crippen LogP contribution in [0.5, 0.6) is 11.6 Å². The Bertz CT molecular complexity index is 1440. The Balaban J connectivity index is 1.41. The highest BCUT2D eigenvalue weighted by molar-refractivity contribution is 7.98. The molecule has 1 atom stereocenters. The fraction of sp³-hybridized carbons (Fsp3) is 0.500. The number of pyridine rings is 1. The quantitative estimate of drug-likeness (QED) is 0.254. The van der Waals surface area contributed by atoms with E-state index in [0.29, 0.717) is 23.7 Å². The molecule has 3 heterocycles. The first-order valence-corrected chi connectivity index (χ1v) is 14.8. The van der Waals surface area contributed by atoms with Crippen LogP contribution < -0.4 is 19.1 Å². The monoisotopic (exact) mass is 603 g/mol. The minimum absolute atomic E-state index is 0.0384. The van der Waals surface area contributed by atoms with E-state index >= 15 is 0 Å². The summed E-state index contributed by atoms with van der Waals surface area (Å²) in [5, 5.41) is 4.34. The number of benzene rings is 1. The minimum Gasteiger partial charge on any atom is -0.497 e. The average Bonchev–Trinajstić information content (AvgIpc) is 3.55. The largest absolute Gasteiger partial charge is 0.497 e. The normalized spacial score (nSPS) is 20.8. The Morgan fingerprint density at radius 1 is 1.10 bits per heavy atom. The van der Waals surface area contributed by atoms with Crippen molar-refractivity contribution in [3.8, 4) is 17.4 Å². The summed E-state index contributed by atoms with van der Waals surface area (Å²) in [5.74, 6) is 1.47. The molecule has 1 aromatic carbocycles. The molecule has 2 aromatic heterocycles. The number of rotatable bonds is 10. The van der Waals surface area contributed by atoms with Gasteiger partial charge in [0.15, 0.2) is 5.82 Å². The van der Waals surface area contributed by atoms with E-state index in [-0.39, 0.29) is 35.6 Å². The number of nitrogens with zero attached hydrogens (tertiary/aromatic N) is 4. The molecule has 1 amide bonds. The number of hydrogen-bond acceptors (Lipinski definition) is 7. The maximum Gasteiger partial charge on any atom is 0.397 e. The summed E-state index contributed by atoms with van der Waals surface area (Å²) in [7, 11) is 1.60. The molecule has 2 fully saturated rings. The third-order valence-electron chi connectivity index (χ3n) is 8.42. The van der Waals surface area contributed by atoms with E-state index in [0.717, 1.165) is 23.5 Å². The van der Waals surface area contributed by atoms with E-state index in [1.54, 1.807) is 25.4 Å². The van der Waals surface area contributed by atoms with Crippen LogP contribution in [0.1, 0.15) is 63.7 Å². The molecule has 1 saturated heterocycles. The third-order valence-corrected chi connectivity index (χ3v) is 9.21. The van der Waals surface area contributed by atoms with E-state index < -0.39 is 18.2 Å². The number of methoxy groups -OCH3 is 1. The van der Waals surface area contributed by atoms with Gasteiger partial charge in [0.1, 0.15) is 23.6 Å². The number of nitrogens with one attached hydrogen (secondary N) is 1. The lowest BCUT2D eigenvalue weighted by Crippen LogP contribution is -2.40. The first-order valence-electron chi connectivity index (χ1n) is 13.9. The Kier molecular flexibility index (Phi) is 7.88. The van der Waals surface area contributed by atoms with E-state index in [4.69, 9.17) is 14.5 Å². The lowest BCUT2D eigenvalue weighted by Gasteiger charge is -2.34. The van der Waals surface area contributed by atoms with Gasteiger partial charge in [-0.1, -0.05) is 13.8 Å². The summed E-state index contributed by atoms with van der Waals surface area (Å²) in [5.41, 5.74) is -1.61. The van der Waals surface area contributed by atoms with Crippen molar-refractivity contribution < 1.29 is 27.4 Å². The van der Waals surface area contributed by atoms with Gasteiger partial charge in [0.05, 0.1) is 12.7 Å². The predicted molar refractivity (Wildman–Crippen MR) is 155 cm³/mol. The van der Waals surface area contributed by atoms with Crippen molar-refractivity contribution in [3.05, 3.63) is 54.2 Å². The van der Waals surface area contributed by atoms with Crippen LogP contribution in [-0.2, 0) is 0 Å². The molecule has 2 aliphatic rings. The maximum atomic E-state index is 13.5. The zero-order chi connectivity index (χ0) is 30.3. The Morgan fingerprint density at radius 3 is 2.40 bits per heavy atom. The topological polar surface area (TPSA) is 81.5 Å². The fourth-order valence-electron chi connectivity index (χ4n) is 5.53. The molecule has 0 unspecified atom stereocenters. The molecule has 5 rings (SSSR count). The zero-order valence-electron chi connectivity index (χ0n) is 24.4. The summed E-state index contributed by atoms with van der Waals surface area (Å²) < 4.78 is 55.0. The van der Waals surface area contributed by atoms with Crippen LogP contribution in [0.2, 0.25) is 0 Å². The van der Waals surface area contributed by atoms with E-state index in [9.17, 15) is 18.0 Å². The summed E-state index contributed by atoms with van der Waals surface area (Å²) in [6.07, 6.45) is -0.691. The van der Waals surface area contributed by atoms with Gasteiger partial charge >= 0.3 is 6.18 Å². The van der Waals surface area contributed by atoms with E-state index in [1.165, 1.54) is 22.7 Å². The van der Waals surface area contributed by atoms with Crippen LogP contribution in [0.25, 0.3) is 5.82 Å². The second kappa shape index (κ2) is 11.0. The van der Waals surface area contributed by atoms with Crippen molar-refractivity contribution in [3.63, 3.8) is 0 Å². The molecule has 226 valence electrons. The number of carbonyl (C=O) groups excluding carboxylic acids is 1. The number of amides is 1. The number of aromatic nitrogens is 3. The minimum atomic E-state index is -4.30. The highest BCUT2D eigenvalue weighted by atomic mass is 32.2. The molecule has 12 heteroatoms. The van der Waals surface area contributed by atoms with Gasteiger partial charge in [-0.3, -0.25) is 9.52 Å². The fourth-order valence-corrected chi connectivity index (χ4v) is 6.12. The summed E-state index contributed by atoms with van der Waals surface area (Å²) in [4.78, 5) is 21.4. The van der Waals surface area contributed by atoms with Gasteiger partial charge in [-0.25, -0.2) is 9.67 Å². The van der Waals surface area contributed by atoms with Crippen LogP contribution >= 0.6 is 11.9 Å². The van der Waals surface area contributed by atoms with E-state index in [1.807, 2.05) is 24.3 Å². The molecule has 1 saturated carbocycles. The Labute approximate surface area is 248 Å². The molecule has 42 heavy (non-hydrogen) atoms. The summed E-state index contributed by atoms with van der Waals surface area (Å²) in [6, 6.07) is 12.3. The van der Waals surface area contributed by atoms with Crippen molar-refractivity contribution >= 4 is 23.7 Å². The Hall–Kier alpha value is -3.41.